The minimum Gasteiger partial charge on any atom is -0.488 e. The Hall–Kier alpha value is -3.78. The molecule has 1 atom stereocenters. The molecule has 0 saturated carbocycles. The molecule has 3 aromatic rings. The van der Waals surface area contributed by atoms with Gasteiger partial charge in [-0.15, -0.1) is 0 Å². The number of benzene rings is 2. The molecule has 0 unspecified atom stereocenters. The fourth-order valence-electron chi connectivity index (χ4n) is 5.12. The third-order valence-corrected chi connectivity index (χ3v) is 7.42. The molecule has 10 heteroatoms. The number of hydrogen-bond acceptors (Lipinski definition) is 10. The molecule has 3 saturated heterocycles. The second-order valence-corrected chi connectivity index (χ2v) is 9.93. The highest BCUT2D eigenvalue weighted by molar-refractivity contribution is 5.64. The maximum Gasteiger partial charge on any atom is 0.230 e. The highest BCUT2D eigenvalue weighted by Crippen LogP contribution is 2.27. The molecule has 3 aliphatic rings. The lowest BCUT2D eigenvalue weighted by molar-refractivity contribution is -0.0660. The lowest BCUT2D eigenvalue weighted by atomic mass is 10.1. The van der Waals surface area contributed by atoms with Gasteiger partial charge in [0.1, 0.15) is 24.3 Å². The van der Waals surface area contributed by atoms with Crippen LogP contribution in [-0.2, 0) is 4.74 Å². The number of ether oxygens (including phenoxy) is 2. The van der Waals surface area contributed by atoms with E-state index < -0.39 is 0 Å². The molecule has 0 amide bonds. The van der Waals surface area contributed by atoms with Crippen molar-refractivity contribution >= 4 is 17.3 Å². The Morgan fingerprint density at radius 2 is 1.89 bits per heavy atom. The molecule has 3 fully saturated rings. The molecule has 0 aliphatic carbocycles. The van der Waals surface area contributed by atoms with Crippen LogP contribution in [0.1, 0.15) is 18.4 Å². The number of nitriles is 1. The van der Waals surface area contributed by atoms with Crippen molar-refractivity contribution in [2.24, 2.45) is 0 Å². The second-order valence-electron chi connectivity index (χ2n) is 9.93. The minimum atomic E-state index is 0.0770. The molecule has 0 spiro atoms. The van der Waals surface area contributed by atoms with Crippen molar-refractivity contribution in [3.8, 4) is 23.2 Å². The van der Waals surface area contributed by atoms with Crippen molar-refractivity contribution in [1.82, 2.24) is 25.2 Å². The maximum absolute atomic E-state index is 9.71. The maximum atomic E-state index is 9.71. The van der Waals surface area contributed by atoms with Crippen LogP contribution in [0.4, 0.5) is 17.3 Å². The number of anilines is 3. The summed E-state index contributed by atoms with van der Waals surface area (Å²) in [5.74, 6) is 1.54. The number of piperazine rings is 1. The van der Waals surface area contributed by atoms with Gasteiger partial charge >= 0.3 is 0 Å². The molecule has 0 radical (unpaired) electrons. The van der Waals surface area contributed by atoms with E-state index >= 15 is 0 Å². The zero-order chi connectivity index (χ0) is 25.7. The van der Waals surface area contributed by atoms with Crippen molar-refractivity contribution in [3.05, 3.63) is 54.4 Å². The molecule has 2 N–H and O–H groups in total. The zero-order valence-electron chi connectivity index (χ0n) is 21.3. The van der Waals surface area contributed by atoms with Crippen LogP contribution >= 0.6 is 0 Å². The van der Waals surface area contributed by atoms with Crippen LogP contribution in [0, 0.1) is 11.3 Å². The van der Waals surface area contributed by atoms with Crippen molar-refractivity contribution < 1.29 is 9.47 Å². The van der Waals surface area contributed by atoms with Gasteiger partial charge in [-0.1, -0.05) is 0 Å². The summed E-state index contributed by atoms with van der Waals surface area (Å²) in [6.07, 6.45) is 3.61. The van der Waals surface area contributed by atoms with Gasteiger partial charge in [-0.05, 0) is 61.9 Å². The van der Waals surface area contributed by atoms with Gasteiger partial charge in [-0.2, -0.15) is 10.2 Å². The van der Waals surface area contributed by atoms with Crippen molar-refractivity contribution in [3.63, 3.8) is 0 Å². The number of nitrogens with zero attached hydrogens (tertiary/aromatic N) is 6. The van der Waals surface area contributed by atoms with E-state index in [1.54, 1.807) is 6.07 Å². The Balaban J connectivity index is 1.10. The van der Waals surface area contributed by atoms with Crippen LogP contribution in [0.5, 0.6) is 5.75 Å². The third-order valence-electron chi connectivity index (χ3n) is 7.42. The van der Waals surface area contributed by atoms with Crippen LogP contribution in [0.2, 0.25) is 0 Å². The standard InChI is InChI=1S/C28H32N8O2/c29-15-21-14-20(3-8-26(21)38-25-2-1-9-30-16-25)27-31-19-32-28(34-27)33-22-4-6-23(7-5-22)35-10-12-36(13-11-35)24-17-37-18-24/h3-8,14,19,24-25,30H,1-2,9-13,16-18H2,(H,31,32,33,34)/t25-/m1/s1. The molecule has 10 nitrogen and oxygen atoms in total. The molecule has 196 valence electrons. The van der Waals surface area contributed by atoms with Gasteiger partial charge < -0.3 is 25.0 Å². The summed E-state index contributed by atoms with van der Waals surface area (Å²) in [5, 5.41) is 16.3. The first kappa shape index (κ1) is 24.6. The summed E-state index contributed by atoms with van der Waals surface area (Å²) < 4.78 is 11.4. The Morgan fingerprint density at radius 3 is 2.61 bits per heavy atom. The summed E-state index contributed by atoms with van der Waals surface area (Å²) in [6, 6.07) is 16.7. The molecule has 1 aromatic heterocycles. The highest BCUT2D eigenvalue weighted by atomic mass is 16.5. The summed E-state index contributed by atoms with van der Waals surface area (Å²) >= 11 is 0. The molecule has 3 aliphatic heterocycles. The number of piperidine rings is 1. The van der Waals surface area contributed by atoms with Crippen molar-refractivity contribution in [1.29, 1.82) is 5.26 Å². The number of nitrogens with one attached hydrogen (secondary N) is 2. The fourth-order valence-corrected chi connectivity index (χ4v) is 5.12. The lowest BCUT2D eigenvalue weighted by Gasteiger charge is -2.43. The molecule has 38 heavy (non-hydrogen) atoms. The van der Waals surface area contributed by atoms with Gasteiger partial charge in [0.2, 0.25) is 5.95 Å². The Bertz CT molecular complexity index is 1280. The van der Waals surface area contributed by atoms with E-state index in [0.717, 1.165) is 76.6 Å². The predicted molar refractivity (Wildman–Crippen MR) is 145 cm³/mol. The van der Waals surface area contributed by atoms with E-state index in [-0.39, 0.29) is 6.10 Å². The van der Waals surface area contributed by atoms with Gasteiger partial charge in [0.25, 0.3) is 0 Å². The molecular formula is C28H32N8O2. The molecule has 4 heterocycles. The van der Waals surface area contributed by atoms with Crippen LogP contribution in [-0.4, -0.2) is 84.5 Å². The van der Waals surface area contributed by atoms with Crippen LogP contribution in [0.3, 0.4) is 0 Å². The van der Waals surface area contributed by atoms with E-state index in [0.29, 0.717) is 29.1 Å². The Morgan fingerprint density at radius 1 is 1.05 bits per heavy atom. The van der Waals surface area contributed by atoms with E-state index in [1.807, 2.05) is 24.3 Å². The van der Waals surface area contributed by atoms with E-state index in [9.17, 15) is 5.26 Å². The summed E-state index contributed by atoms with van der Waals surface area (Å²) in [4.78, 5) is 18.2. The largest absolute Gasteiger partial charge is 0.488 e. The summed E-state index contributed by atoms with van der Waals surface area (Å²) in [6.45, 7) is 7.73. The monoisotopic (exact) mass is 512 g/mol. The first-order valence-electron chi connectivity index (χ1n) is 13.3. The van der Waals surface area contributed by atoms with E-state index in [1.165, 1.54) is 12.0 Å². The van der Waals surface area contributed by atoms with Gasteiger partial charge in [0.05, 0.1) is 24.8 Å². The van der Waals surface area contributed by atoms with Crippen LogP contribution < -0.4 is 20.3 Å². The van der Waals surface area contributed by atoms with Gasteiger partial charge in [0.15, 0.2) is 5.82 Å². The topological polar surface area (TPSA) is 111 Å². The third kappa shape index (κ3) is 5.55. The molecule has 6 rings (SSSR count). The Kier molecular flexibility index (Phi) is 7.31. The minimum absolute atomic E-state index is 0.0770. The fraction of sp³-hybridized carbons (Fsp3) is 0.429. The number of hydrogen-bond donors (Lipinski definition) is 2. The normalized spacial score (nSPS) is 20.4. The van der Waals surface area contributed by atoms with Crippen molar-refractivity contribution in [2.45, 2.75) is 25.0 Å². The first-order valence-corrected chi connectivity index (χ1v) is 13.3. The van der Waals surface area contributed by atoms with Gasteiger partial charge in [-0.25, -0.2) is 9.97 Å². The SMILES string of the molecule is N#Cc1cc(-c2ncnc(Nc3ccc(N4CCN(C5COC5)CC4)cc3)n2)ccc1O[C@@H]1CCCNC1. The average Bonchev–Trinajstić information content (AvgIpc) is 2.94. The molecule has 2 aromatic carbocycles. The average molecular weight is 513 g/mol. The quantitative estimate of drug-likeness (QED) is 0.490. The molecular weight excluding hydrogens is 480 g/mol. The van der Waals surface area contributed by atoms with Crippen LogP contribution in [0.25, 0.3) is 11.4 Å². The van der Waals surface area contributed by atoms with Crippen LogP contribution in [0.15, 0.2) is 48.8 Å². The zero-order valence-corrected chi connectivity index (χ0v) is 21.3. The van der Waals surface area contributed by atoms with E-state index in [2.05, 4.69) is 53.6 Å². The van der Waals surface area contributed by atoms with Crippen molar-refractivity contribution in [2.75, 3.05) is 62.7 Å². The smallest absolute Gasteiger partial charge is 0.230 e. The summed E-state index contributed by atoms with van der Waals surface area (Å²) in [7, 11) is 0. The molecule has 0 bridgehead atoms. The van der Waals surface area contributed by atoms with Gasteiger partial charge in [-0.3, -0.25) is 4.90 Å². The lowest BCUT2D eigenvalue weighted by Crippen LogP contribution is -2.56. The predicted octanol–water partition coefficient (Wildman–Crippen LogP) is 2.81. The second kappa shape index (κ2) is 11.3. The first-order chi connectivity index (χ1) is 18.7. The highest BCUT2D eigenvalue weighted by Gasteiger charge is 2.28. The van der Waals surface area contributed by atoms with Gasteiger partial charge in [0, 0.05) is 49.7 Å². The number of rotatable bonds is 7. The number of aromatic nitrogens is 3. The van der Waals surface area contributed by atoms with E-state index in [4.69, 9.17) is 9.47 Å². The summed E-state index contributed by atoms with van der Waals surface area (Å²) in [5.41, 5.74) is 3.33. The Labute approximate surface area is 222 Å².